The highest BCUT2D eigenvalue weighted by Gasteiger charge is 2.18. The zero-order chi connectivity index (χ0) is 15.9. The van der Waals surface area contributed by atoms with Gasteiger partial charge in [0.1, 0.15) is 5.75 Å². The first-order chi connectivity index (χ1) is 10.5. The molecule has 5 heteroatoms. The van der Waals surface area contributed by atoms with E-state index >= 15 is 0 Å². The smallest absolute Gasteiger partial charge is 0.224 e. The fourth-order valence-corrected chi connectivity index (χ4v) is 2.73. The lowest BCUT2D eigenvalue weighted by Crippen LogP contribution is -2.43. The minimum Gasteiger partial charge on any atom is -0.508 e. The molecule has 0 aromatic heterocycles. The molecule has 1 saturated heterocycles. The van der Waals surface area contributed by atoms with Crippen molar-refractivity contribution in [2.45, 2.75) is 32.3 Å². The molecule has 1 aromatic rings. The van der Waals surface area contributed by atoms with E-state index in [1.165, 1.54) is 12.8 Å². The van der Waals surface area contributed by atoms with E-state index in [2.05, 4.69) is 17.1 Å². The van der Waals surface area contributed by atoms with Crippen LogP contribution < -0.4 is 5.32 Å². The maximum Gasteiger partial charge on any atom is 0.224 e. The number of amides is 1. The van der Waals surface area contributed by atoms with Crippen LogP contribution in [0.25, 0.3) is 0 Å². The van der Waals surface area contributed by atoms with Gasteiger partial charge in [0, 0.05) is 18.7 Å². The van der Waals surface area contributed by atoms with E-state index in [1.807, 2.05) is 0 Å². The Bertz CT molecular complexity index is 485. The number of phenols is 1. The number of piperidine rings is 1. The van der Waals surface area contributed by atoms with Crippen molar-refractivity contribution >= 4 is 5.91 Å². The Morgan fingerprint density at radius 2 is 2.05 bits per heavy atom. The molecule has 0 aliphatic carbocycles. The first kappa shape index (κ1) is 16.8. The van der Waals surface area contributed by atoms with E-state index in [9.17, 15) is 15.0 Å². The lowest BCUT2D eigenvalue weighted by molar-refractivity contribution is -0.121. The molecular formula is C17H26N2O3. The molecule has 122 valence electrons. The molecule has 0 saturated carbocycles. The highest BCUT2D eigenvalue weighted by Crippen LogP contribution is 2.16. The summed E-state index contributed by atoms with van der Waals surface area (Å²) in [6.45, 7) is 5.14. The first-order valence-electron chi connectivity index (χ1n) is 7.98. The number of phenolic OH excluding ortho intramolecular Hbond substituents is 1. The summed E-state index contributed by atoms with van der Waals surface area (Å²) >= 11 is 0. The highest BCUT2D eigenvalue weighted by atomic mass is 16.3. The maximum absolute atomic E-state index is 11.9. The summed E-state index contributed by atoms with van der Waals surface area (Å²) in [4.78, 5) is 14.1. The predicted octanol–water partition coefficient (Wildman–Crippen LogP) is 1.14. The zero-order valence-electron chi connectivity index (χ0n) is 13.2. The number of rotatable bonds is 6. The number of nitrogens with zero attached hydrogens (tertiary/aromatic N) is 1. The van der Waals surface area contributed by atoms with Gasteiger partial charge in [-0.3, -0.25) is 4.79 Å². The van der Waals surface area contributed by atoms with Crippen molar-refractivity contribution in [3.05, 3.63) is 29.8 Å². The molecule has 1 fully saturated rings. The topological polar surface area (TPSA) is 72.8 Å². The largest absolute Gasteiger partial charge is 0.508 e. The van der Waals surface area contributed by atoms with Crippen molar-refractivity contribution in [1.82, 2.24) is 10.2 Å². The quantitative estimate of drug-likeness (QED) is 0.737. The van der Waals surface area contributed by atoms with Gasteiger partial charge in [-0.1, -0.05) is 25.1 Å². The van der Waals surface area contributed by atoms with Gasteiger partial charge in [-0.15, -0.1) is 0 Å². The van der Waals surface area contributed by atoms with Gasteiger partial charge in [-0.05, 0) is 37.9 Å². The van der Waals surface area contributed by atoms with Crippen LogP contribution in [0.1, 0.15) is 25.3 Å². The highest BCUT2D eigenvalue weighted by molar-refractivity contribution is 5.79. The van der Waals surface area contributed by atoms with Crippen molar-refractivity contribution < 1.29 is 15.0 Å². The fourth-order valence-electron chi connectivity index (χ4n) is 2.73. The Labute approximate surface area is 131 Å². The van der Waals surface area contributed by atoms with Gasteiger partial charge in [-0.2, -0.15) is 0 Å². The molecule has 2 rings (SSSR count). The molecule has 1 amide bonds. The Hall–Kier alpha value is -1.59. The SMILES string of the molecule is CC1CCN(CC(O)CNC(=O)Cc2ccccc2O)CC1. The van der Waals surface area contributed by atoms with Gasteiger partial charge in [-0.25, -0.2) is 0 Å². The Morgan fingerprint density at radius 3 is 2.73 bits per heavy atom. The normalized spacial score (nSPS) is 18.1. The van der Waals surface area contributed by atoms with Crippen molar-refractivity contribution in [2.24, 2.45) is 5.92 Å². The molecule has 3 N–H and O–H groups in total. The monoisotopic (exact) mass is 306 g/mol. The predicted molar refractivity (Wildman–Crippen MR) is 85.7 cm³/mol. The molecule has 1 aliphatic rings. The van der Waals surface area contributed by atoms with E-state index in [1.54, 1.807) is 24.3 Å². The number of carbonyl (C=O) groups excluding carboxylic acids is 1. The number of carbonyl (C=O) groups is 1. The van der Waals surface area contributed by atoms with E-state index in [4.69, 9.17) is 0 Å². The van der Waals surface area contributed by atoms with Crippen LogP contribution in [-0.4, -0.2) is 53.3 Å². The maximum atomic E-state index is 11.9. The van der Waals surface area contributed by atoms with Crippen LogP contribution in [0.15, 0.2) is 24.3 Å². The van der Waals surface area contributed by atoms with Crippen LogP contribution in [0.3, 0.4) is 0 Å². The molecule has 1 aromatic carbocycles. The van der Waals surface area contributed by atoms with Crippen LogP contribution in [0.5, 0.6) is 5.75 Å². The number of hydrogen-bond donors (Lipinski definition) is 3. The van der Waals surface area contributed by atoms with E-state index in [-0.39, 0.29) is 24.6 Å². The first-order valence-corrected chi connectivity index (χ1v) is 7.98. The Kier molecular flexibility index (Phi) is 6.21. The van der Waals surface area contributed by atoms with E-state index < -0.39 is 6.10 Å². The second-order valence-corrected chi connectivity index (χ2v) is 6.25. The van der Waals surface area contributed by atoms with Crippen molar-refractivity contribution in [2.75, 3.05) is 26.2 Å². The summed E-state index contributed by atoms with van der Waals surface area (Å²) in [7, 11) is 0. The number of aliphatic hydroxyl groups excluding tert-OH is 1. The van der Waals surface area contributed by atoms with Crippen LogP contribution in [0.2, 0.25) is 0 Å². The van der Waals surface area contributed by atoms with Crippen molar-refractivity contribution in [1.29, 1.82) is 0 Å². The molecule has 1 aliphatic heterocycles. The number of hydrogen-bond acceptors (Lipinski definition) is 4. The fraction of sp³-hybridized carbons (Fsp3) is 0.588. The van der Waals surface area contributed by atoms with Gasteiger partial charge >= 0.3 is 0 Å². The molecule has 5 nitrogen and oxygen atoms in total. The van der Waals surface area contributed by atoms with E-state index in [0.717, 1.165) is 19.0 Å². The average Bonchev–Trinajstić information content (AvgIpc) is 2.50. The summed E-state index contributed by atoms with van der Waals surface area (Å²) in [6, 6.07) is 6.80. The van der Waals surface area contributed by atoms with E-state index in [0.29, 0.717) is 12.1 Å². The summed E-state index contributed by atoms with van der Waals surface area (Å²) in [5.74, 6) is 0.708. The number of benzene rings is 1. The van der Waals surface area contributed by atoms with Crippen molar-refractivity contribution in [3.8, 4) is 5.75 Å². The van der Waals surface area contributed by atoms with Crippen LogP contribution >= 0.6 is 0 Å². The second-order valence-electron chi connectivity index (χ2n) is 6.25. The molecule has 0 spiro atoms. The number of nitrogens with one attached hydrogen (secondary N) is 1. The summed E-state index contributed by atoms with van der Waals surface area (Å²) in [5, 5.41) is 22.4. The van der Waals surface area contributed by atoms with Gasteiger partial charge in [0.15, 0.2) is 0 Å². The second kappa shape index (κ2) is 8.15. The number of aliphatic hydroxyl groups is 1. The third kappa shape index (κ3) is 5.31. The third-order valence-corrected chi connectivity index (χ3v) is 4.22. The van der Waals surface area contributed by atoms with Crippen molar-refractivity contribution in [3.63, 3.8) is 0 Å². The minimum absolute atomic E-state index is 0.126. The lowest BCUT2D eigenvalue weighted by Gasteiger charge is -2.31. The number of para-hydroxylation sites is 1. The number of β-amino-alcohol motifs (C(OH)–C–C–N with tert-alkyl or cyclic N) is 1. The zero-order valence-corrected chi connectivity index (χ0v) is 13.2. The Morgan fingerprint density at radius 1 is 1.36 bits per heavy atom. The van der Waals surface area contributed by atoms with Crippen LogP contribution in [-0.2, 0) is 11.2 Å². The molecular weight excluding hydrogens is 280 g/mol. The number of likely N-dealkylation sites (tertiary alicyclic amines) is 1. The summed E-state index contributed by atoms with van der Waals surface area (Å²) in [6.07, 6.45) is 1.92. The third-order valence-electron chi connectivity index (χ3n) is 4.22. The Balaban J connectivity index is 1.68. The molecule has 0 bridgehead atoms. The van der Waals surface area contributed by atoms with Gasteiger partial charge in [0.25, 0.3) is 0 Å². The average molecular weight is 306 g/mol. The number of aromatic hydroxyl groups is 1. The van der Waals surface area contributed by atoms with Gasteiger partial charge in [0.05, 0.1) is 12.5 Å². The molecule has 1 atom stereocenters. The molecule has 0 radical (unpaired) electrons. The van der Waals surface area contributed by atoms with Gasteiger partial charge < -0.3 is 20.4 Å². The standard InChI is InChI=1S/C17H26N2O3/c1-13-6-8-19(9-7-13)12-15(20)11-18-17(22)10-14-4-2-3-5-16(14)21/h2-5,13,15,20-21H,6-12H2,1H3,(H,18,22). The minimum atomic E-state index is -0.554. The molecule has 1 heterocycles. The van der Waals surface area contributed by atoms with Gasteiger partial charge in [0.2, 0.25) is 5.91 Å². The summed E-state index contributed by atoms with van der Waals surface area (Å²) < 4.78 is 0. The molecule has 1 unspecified atom stereocenters. The summed E-state index contributed by atoms with van der Waals surface area (Å²) in [5.41, 5.74) is 0.597. The lowest BCUT2D eigenvalue weighted by atomic mass is 9.99. The van der Waals surface area contributed by atoms with Crippen LogP contribution in [0.4, 0.5) is 0 Å². The molecule has 22 heavy (non-hydrogen) atoms. The van der Waals surface area contributed by atoms with Crippen LogP contribution in [0, 0.1) is 5.92 Å².